The van der Waals surface area contributed by atoms with E-state index in [0.29, 0.717) is 12.2 Å². The van der Waals surface area contributed by atoms with E-state index >= 15 is 0 Å². The lowest BCUT2D eigenvalue weighted by molar-refractivity contribution is -0.122. The molecule has 1 atom stereocenters. The first-order valence-electron chi connectivity index (χ1n) is 11.4. The summed E-state index contributed by atoms with van der Waals surface area (Å²) in [6.07, 6.45) is 5.77. The van der Waals surface area contributed by atoms with Crippen LogP contribution in [0.3, 0.4) is 0 Å². The summed E-state index contributed by atoms with van der Waals surface area (Å²) in [4.78, 5) is 15.4. The summed E-state index contributed by atoms with van der Waals surface area (Å²) in [6.45, 7) is 7.14. The highest BCUT2D eigenvalue weighted by Gasteiger charge is 2.29. The molecule has 1 aliphatic rings. The molecule has 2 aromatic rings. The van der Waals surface area contributed by atoms with Crippen LogP contribution in [-0.4, -0.2) is 44.6 Å². The number of aryl methyl sites for hydroxylation is 1. The molecule has 1 saturated heterocycles. The SMILES string of the molecule is CCc1ccc(N(C(C)C(=O)NCc2ccccc2CN2CCCCC2)S(C)(=O)=O)cc1. The van der Waals surface area contributed by atoms with Gasteiger partial charge >= 0.3 is 0 Å². The summed E-state index contributed by atoms with van der Waals surface area (Å²) < 4.78 is 26.2. The maximum Gasteiger partial charge on any atom is 0.243 e. The number of piperidine rings is 1. The van der Waals surface area contributed by atoms with Crippen LogP contribution in [0.4, 0.5) is 5.69 Å². The molecule has 1 amide bonds. The summed E-state index contributed by atoms with van der Waals surface area (Å²) in [5, 5.41) is 2.96. The van der Waals surface area contributed by atoms with Crippen LogP contribution in [-0.2, 0) is 34.3 Å². The lowest BCUT2D eigenvalue weighted by Gasteiger charge is -2.29. The van der Waals surface area contributed by atoms with Gasteiger partial charge in [0.2, 0.25) is 15.9 Å². The quantitative estimate of drug-likeness (QED) is 0.623. The summed E-state index contributed by atoms with van der Waals surface area (Å²) >= 11 is 0. The molecular formula is C25H35N3O3S. The largest absolute Gasteiger partial charge is 0.350 e. The van der Waals surface area contributed by atoms with Crippen molar-refractivity contribution in [2.75, 3.05) is 23.7 Å². The molecule has 2 aromatic carbocycles. The Balaban J connectivity index is 1.70. The smallest absolute Gasteiger partial charge is 0.243 e. The average Bonchev–Trinajstić information content (AvgIpc) is 2.78. The van der Waals surface area contributed by atoms with Crippen molar-refractivity contribution >= 4 is 21.6 Å². The van der Waals surface area contributed by atoms with Gasteiger partial charge in [-0.3, -0.25) is 14.0 Å². The molecule has 32 heavy (non-hydrogen) atoms. The molecule has 0 radical (unpaired) electrons. The minimum absolute atomic E-state index is 0.317. The first kappa shape index (κ1) is 24.3. The number of nitrogens with one attached hydrogen (secondary N) is 1. The number of carbonyl (C=O) groups excluding carboxylic acids is 1. The van der Waals surface area contributed by atoms with Crippen molar-refractivity contribution in [1.29, 1.82) is 0 Å². The molecule has 1 fully saturated rings. The van der Waals surface area contributed by atoms with Crippen LogP contribution in [0.1, 0.15) is 49.8 Å². The predicted molar refractivity (Wildman–Crippen MR) is 130 cm³/mol. The van der Waals surface area contributed by atoms with Crippen LogP contribution in [0.2, 0.25) is 0 Å². The van der Waals surface area contributed by atoms with Crippen molar-refractivity contribution in [3.63, 3.8) is 0 Å². The number of sulfonamides is 1. The molecule has 1 N–H and O–H groups in total. The van der Waals surface area contributed by atoms with E-state index < -0.39 is 16.1 Å². The highest BCUT2D eigenvalue weighted by Crippen LogP contribution is 2.22. The molecule has 7 heteroatoms. The van der Waals surface area contributed by atoms with E-state index in [1.165, 1.54) is 29.1 Å². The second-order valence-electron chi connectivity index (χ2n) is 8.58. The molecule has 0 aliphatic carbocycles. The Morgan fingerprint density at radius 2 is 1.66 bits per heavy atom. The number of nitrogens with zero attached hydrogens (tertiary/aromatic N) is 2. The number of likely N-dealkylation sites (tertiary alicyclic amines) is 1. The maximum absolute atomic E-state index is 13.0. The average molecular weight is 458 g/mol. The molecule has 3 rings (SSSR count). The molecule has 0 saturated carbocycles. The molecule has 6 nitrogen and oxygen atoms in total. The maximum atomic E-state index is 13.0. The highest BCUT2D eigenvalue weighted by atomic mass is 32.2. The van der Waals surface area contributed by atoms with Crippen LogP contribution in [0.25, 0.3) is 0 Å². The first-order valence-corrected chi connectivity index (χ1v) is 13.3. The van der Waals surface area contributed by atoms with E-state index in [1.807, 2.05) is 37.3 Å². The van der Waals surface area contributed by atoms with Gasteiger partial charge in [0.15, 0.2) is 0 Å². The Bertz CT molecular complexity index is 999. The van der Waals surface area contributed by atoms with Gasteiger partial charge < -0.3 is 5.32 Å². The minimum Gasteiger partial charge on any atom is -0.350 e. The molecule has 0 spiro atoms. The standard InChI is InChI=1S/C25H35N3O3S/c1-4-21-12-14-24(15-13-21)28(32(3,30)31)20(2)25(29)26-18-22-10-6-7-11-23(22)19-27-16-8-5-9-17-27/h6-7,10-15,20H,4-5,8-9,16-19H2,1-3H3,(H,26,29). The molecule has 0 bridgehead atoms. The van der Waals surface area contributed by atoms with Crippen molar-refractivity contribution in [3.05, 3.63) is 65.2 Å². The van der Waals surface area contributed by atoms with E-state index in [1.54, 1.807) is 19.1 Å². The Hall–Kier alpha value is -2.38. The lowest BCUT2D eigenvalue weighted by Crippen LogP contribution is -2.47. The summed E-state index contributed by atoms with van der Waals surface area (Å²) in [7, 11) is -3.63. The first-order chi connectivity index (χ1) is 15.3. The zero-order valence-electron chi connectivity index (χ0n) is 19.4. The van der Waals surface area contributed by atoms with Crippen LogP contribution in [0, 0.1) is 0 Å². The third-order valence-electron chi connectivity index (χ3n) is 6.10. The number of hydrogen-bond donors (Lipinski definition) is 1. The van der Waals surface area contributed by atoms with Crippen molar-refractivity contribution in [2.45, 2.75) is 58.7 Å². The summed E-state index contributed by atoms with van der Waals surface area (Å²) in [5.41, 5.74) is 3.89. The Morgan fingerprint density at radius 1 is 1.03 bits per heavy atom. The van der Waals surface area contributed by atoms with Crippen LogP contribution < -0.4 is 9.62 Å². The zero-order valence-corrected chi connectivity index (χ0v) is 20.2. The molecular weight excluding hydrogens is 422 g/mol. The molecule has 1 aliphatic heterocycles. The van der Waals surface area contributed by atoms with Crippen molar-refractivity contribution in [3.8, 4) is 0 Å². The zero-order chi connectivity index (χ0) is 23.1. The number of hydrogen-bond acceptors (Lipinski definition) is 4. The summed E-state index contributed by atoms with van der Waals surface area (Å²) in [6, 6.07) is 14.6. The number of anilines is 1. The molecule has 1 unspecified atom stereocenters. The third-order valence-corrected chi connectivity index (χ3v) is 7.34. The predicted octanol–water partition coefficient (Wildman–Crippen LogP) is 3.71. The molecule has 1 heterocycles. The van der Waals surface area contributed by atoms with Gasteiger partial charge in [-0.05, 0) is 68.1 Å². The van der Waals surface area contributed by atoms with Crippen molar-refractivity contribution in [2.24, 2.45) is 0 Å². The second kappa shape index (κ2) is 11.0. The normalized spacial score (nSPS) is 15.8. The van der Waals surface area contributed by atoms with Crippen LogP contribution >= 0.6 is 0 Å². The van der Waals surface area contributed by atoms with Gasteiger partial charge in [-0.15, -0.1) is 0 Å². The Labute approximate surface area is 192 Å². The lowest BCUT2D eigenvalue weighted by atomic mass is 10.0. The van der Waals surface area contributed by atoms with Gasteiger partial charge in [-0.2, -0.15) is 0 Å². The number of rotatable bonds is 9. The minimum atomic E-state index is -3.63. The van der Waals surface area contributed by atoms with Crippen LogP contribution in [0.15, 0.2) is 48.5 Å². The fourth-order valence-corrected chi connectivity index (χ4v) is 5.43. The topological polar surface area (TPSA) is 69.7 Å². The molecule has 0 aromatic heterocycles. The van der Waals surface area contributed by atoms with E-state index in [9.17, 15) is 13.2 Å². The Morgan fingerprint density at radius 3 is 2.25 bits per heavy atom. The monoisotopic (exact) mass is 457 g/mol. The third kappa shape index (κ3) is 6.33. The summed E-state index contributed by atoms with van der Waals surface area (Å²) in [5.74, 6) is -0.317. The van der Waals surface area contributed by atoms with E-state index in [2.05, 4.69) is 16.3 Å². The van der Waals surface area contributed by atoms with Gasteiger partial charge in [0, 0.05) is 13.1 Å². The Kier molecular flexibility index (Phi) is 8.32. The van der Waals surface area contributed by atoms with Gasteiger partial charge in [0.05, 0.1) is 11.9 Å². The second-order valence-corrected chi connectivity index (χ2v) is 10.4. The fraction of sp³-hybridized carbons (Fsp3) is 0.480. The molecule has 174 valence electrons. The van der Waals surface area contributed by atoms with Crippen molar-refractivity contribution < 1.29 is 13.2 Å². The van der Waals surface area contributed by atoms with Gasteiger partial charge in [-0.25, -0.2) is 8.42 Å². The van der Waals surface area contributed by atoms with Gasteiger partial charge in [0.25, 0.3) is 0 Å². The van der Waals surface area contributed by atoms with Crippen LogP contribution in [0.5, 0.6) is 0 Å². The highest BCUT2D eigenvalue weighted by molar-refractivity contribution is 7.92. The van der Waals surface area contributed by atoms with Crippen molar-refractivity contribution in [1.82, 2.24) is 10.2 Å². The number of amides is 1. The number of benzene rings is 2. The number of carbonyl (C=O) groups is 1. The van der Waals surface area contributed by atoms with E-state index in [-0.39, 0.29) is 5.91 Å². The fourth-order valence-electron chi connectivity index (χ4n) is 4.26. The van der Waals surface area contributed by atoms with Gasteiger partial charge in [0.1, 0.15) is 6.04 Å². The van der Waals surface area contributed by atoms with E-state index in [4.69, 9.17) is 0 Å². The van der Waals surface area contributed by atoms with E-state index in [0.717, 1.165) is 43.4 Å². The van der Waals surface area contributed by atoms with Gasteiger partial charge in [-0.1, -0.05) is 49.7 Å².